The van der Waals surface area contributed by atoms with Gasteiger partial charge < -0.3 is 10.2 Å². The van der Waals surface area contributed by atoms with Crippen LogP contribution in [0.5, 0.6) is 0 Å². The number of hydrogen-bond acceptors (Lipinski definition) is 6. The Morgan fingerprint density at radius 1 is 1.05 bits per heavy atom. The lowest BCUT2D eigenvalue weighted by Crippen LogP contribution is -2.52. The predicted octanol–water partition coefficient (Wildman–Crippen LogP) is 2.89. The molecule has 5 rings (SSSR count). The van der Waals surface area contributed by atoms with Gasteiger partial charge in [0.05, 0.1) is 0 Å². The van der Waals surface area contributed by atoms with Gasteiger partial charge in [0.2, 0.25) is 11.8 Å². The van der Waals surface area contributed by atoms with Gasteiger partial charge in [-0.1, -0.05) is 24.3 Å². The Morgan fingerprint density at radius 3 is 2.54 bits per heavy atom. The average Bonchev–Trinajstić information content (AvgIpc) is 3.21. The third-order valence-electron chi connectivity index (χ3n) is 8.00. The molecular formula is C29H37N5O3. The number of piperazine rings is 1. The molecule has 2 N–H and O–H groups in total. The van der Waals surface area contributed by atoms with E-state index in [0.717, 1.165) is 44.0 Å². The lowest BCUT2D eigenvalue weighted by Gasteiger charge is -2.37. The van der Waals surface area contributed by atoms with E-state index in [1.54, 1.807) is 4.90 Å². The minimum atomic E-state index is -0.603. The summed E-state index contributed by atoms with van der Waals surface area (Å²) in [6.45, 7) is 13.2. The minimum absolute atomic E-state index is 0.150. The maximum absolute atomic E-state index is 13.1. The highest BCUT2D eigenvalue weighted by atomic mass is 16.2. The van der Waals surface area contributed by atoms with Gasteiger partial charge in [-0.25, -0.2) is 0 Å². The number of fused-ring (bicyclic) bond motifs is 1. The van der Waals surface area contributed by atoms with Gasteiger partial charge in [-0.3, -0.25) is 29.5 Å². The molecule has 0 aromatic heterocycles. The van der Waals surface area contributed by atoms with Crippen molar-refractivity contribution in [2.24, 2.45) is 0 Å². The van der Waals surface area contributed by atoms with Crippen molar-refractivity contribution in [1.82, 2.24) is 20.0 Å². The highest BCUT2D eigenvalue weighted by Gasteiger charge is 2.39. The van der Waals surface area contributed by atoms with Gasteiger partial charge in [0.25, 0.3) is 5.91 Å². The van der Waals surface area contributed by atoms with Gasteiger partial charge in [-0.2, -0.15) is 0 Å². The van der Waals surface area contributed by atoms with Crippen molar-refractivity contribution >= 4 is 23.4 Å². The zero-order chi connectivity index (χ0) is 26.1. The molecule has 8 nitrogen and oxygen atoms in total. The first kappa shape index (κ1) is 25.4. The molecule has 0 bridgehead atoms. The van der Waals surface area contributed by atoms with E-state index < -0.39 is 6.04 Å². The third kappa shape index (κ3) is 5.40. The maximum Gasteiger partial charge on any atom is 0.255 e. The van der Waals surface area contributed by atoms with Gasteiger partial charge in [0, 0.05) is 75.1 Å². The van der Waals surface area contributed by atoms with E-state index in [9.17, 15) is 14.4 Å². The number of amides is 3. The fraction of sp³-hybridized carbons (Fsp3) is 0.483. The molecule has 2 saturated heterocycles. The van der Waals surface area contributed by atoms with Crippen molar-refractivity contribution < 1.29 is 14.4 Å². The van der Waals surface area contributed by atoms with E-state index in [1.165, 1.54) is 16.7 Å². The van der Waals surface area contributed by atoms with E-state index in [0.29, 0.717) is 31.1 Å². The van der Waals surface area contributed by atoms with Gasteiger partial charge in [0.1, 0.15) is 6.04 Å². The molecule has 2 fully saturated rings. The number of benzene rings is 2. The van der Waals surface area contributed by atoms with E-state index >= 15 is 0 Å². The number of nitrogens with zero attached hydrogens (tertiary/aromatic N) is 3. The minimum Gasteiger partial charge on any atom is -0.381 e. The summed E-state index contributed by atoms with van der Waals surface area (Å²) in [4.78, 5) is 43.6. The second kappa shape index (κ2) is 10.6. The number of hydrogen-bond donors (Lipinski definition) is 2. The second-order valence-electron chi connectivity index (χ2n) is 10.8. The summed E-state index contributed by atoms with van der Waals surface area (Å²) in [5, 5.41) is 5.88. The molecule has 3 amide bonds. The van der Waals surface area contributed by atoms with Gasteiger partial charge in [-0.05, 0) is 56.0 Å². The summed E-state index contributed by atoms with van der Waals surface area (Å²) in [6.07, 6.45) is 0.622. The van der Waals surface area contributed by atoms with Gasteiger partial charge in [0.15, 0.2) is 0 Å². The number of piperidine rings is 1. The molecular weight excluding hydrogens is 466 g/mol. The zero-order valence-corrected chi connectivity index (χ0v) is 22.0. The Labute approximate surface area is 219 Å². The first-order chi connectivity index (χ1) is 17.8. The monoisotopic (exact) mass is 503 g/mol. The van der Waals surface area contributed by atoms with Crippen molar-refractivity contribution in [3.63, 3.8) is 0 Å². The standard InChI is InChI=1S/C29H37N5O3/c1-19(2)33-13-11-32(12-14-33)17-22-8-7-21(15-20(22)3)16-30-25-6-4-5-23-24(25)18-34(29(23)37)26-9-10-27(35)31-28(26)36/h4-8,15,19,26,30H,9-14,16-18H2,1-3H3,(H,31,35,36). The summed E-state index contributed by atoms with van der Waals surface area (Å²) in [5.41, 5.74) is 6.29. The Bertz CT molecular complexity index is 1200. The van der Waals surface area contributed by atoms with Crippen LogP contribution in [0.4, 0.5) is 5.69 Å². The summed E-state index contributed by atoms with van der Waals surface area (Å²) in [5.74, 6) is -0.811. The van der Waals surface area contributed by atoms with Crippen molar-refractivity contribution in [2.75, 3.05) is 31.5 Å². The Morgan fingerprint density at radius 2 is 1.84 bits per heavy atom. The highest BCUT2D eigenvalue weighted by molar-refractivity contribution is 6.06. The van der Waals surface area contributed by atoms with Crippen molar-refractivity contribution in [2.45, 2.75) is 65.3 Å². The smallest absolute Gasteiger partial charge is 0.255 e. The molecule has 3 aliphatic rings. The van der Waals surface area contributed by atoms with Gasteiger partial charge in [-0.15, -0.1) is 0 Å². The van der Waals surface area contributed by atoms with Crippen LogP contribution in [-0.2, 0) is 29.2 Å². The number of anilines is 1. The maximum atomic E-state index is 13.1. The molecule has 0 radical (unpaired) electrons. The van der Waals surface area contributed by atoms with Crippen molar-refractivity contribution in [3.8, 4) is 0 Å². The topological polar surface area (TPSA) is 85.0 Å². The molecule has 0 spiro atoms. The SMILES string of the molecule is Cc1cc(CNc2cccc3c2CN(C2CCC(=O)NC2=O)C3=O)ccc1CN1CCN(C(C)C)CC1. The summed E-state index contributed by atoms with van der Waals surface area (Å²) in [7, 11) is 0. The first-order valence-corrected chi connectivity index (χ1v) is 13.4. The predicted molar refractivity (Wildman–Crippen MR) is 143 cm³/mol. The number of aryl methyl sites for hydroxylation is 1. The zero-order valence-electron chi connectivity index (χ0n) is 22.0. The quantitative estimate of drug-likeness (QED) is 0.566. The molecule has 3 aliphatic heterocycles. The molecule has 0 saturated carbocycles. The molecule has 196 valence electrons. The van der Waals surface area contributed by atoms with Gasteiger partial charge >= 0.3 is 0 Å². The molecule has 37 heavy (non-hydrogen) atoms. The molecule has 1 unspecified atom stereocenters. The van der Waals surface area contributed by atoms with E-state index in [4.69, 9.17) is 0 Å². The highest BCUT2D eigenvalue weighted by Crippen LogP contribution is 2.32. The second-order valence-corrected chi connectivity index (χ2v) is 10.8. The van der Waals surface area contributed by atoms with Crippen LogP contribution < -0.4 is 10.6 Å². The number of imide groups is 1. The van der Waals surface area contributed by atoms with Crippen LogP contribution in [0.25, 0.3) is 0 Å². The average molecular weight is 504 g/mol. The van der Waals surface area contributed by atoms with Crippen LogP contribution in [0.2, 0.25) is 0 Å². The molecule has 2 aromatic carbocycles. The van der Waals surface area contributed by atoms with Crippen LogP contribution in [-0.4, -0.2) is 70.7 Å². The Hall–Kier alpha value is -3.23. The van der Waals surface area contributed by atoms with Crippen molar-refractivity contribution in [1.29, 1.82) is 0 Å². The third-order valence-corrected chi connectivity index (χ3v) is 8.00. The Balaban J connectivity index is 1.21. The summed E-state index contributed by atoms with van der Waals surface area (Å²) in [6, 6.07) is 12.4. The van der Waals surface area contributed by atoms with E-state index in [-0.39, 0.29) is 24.1 Å². The number of nitrogens with one attached hydrogen (secondary N) is 2. The first-order valence-electron chi connectivity index (χ1n) is 13.4. The fourth-order valence-corrected chi connectivity index (χ4v) is 5.67. The van der Waals surface area contributed by atoms with Crippen LogP contribution in [0.15, 0.2) is 36.4 Å². The van der Waals surface area contributed by atoms with Crippen LogP contribution in [0, 0.1) is 6.92 Å². The lowest BCUT2D eigenvalue weighted by molar-refractivity contribution is -0.136. The Kier molecular flexibility index (Phi) is 7.31. The summed E-state index contributed by atoms with van der Waals surface area (Å²) < 4.78 is 0. The molecule has 1 atom stereocenters. The normalized spacial score (nSPS) is 20.9. The van der Waals surface area contributed by atoms with Crippen LogP contribution in [0.3, 0.4) is 0 Å². The fourth-order valence-electron chi connectivity index (χ4n) is 5.67. The molecule has 2 aromatic rings. The van der Waals surface area contributed by atoms with E-state index in [1.807, 2.05) is 18.2 Å². The largest absolute Gasteiger partial charge is 0.381 e. The van der Waals surface area contributed by atoms with E-state index in [2.05, 4.69) is 59.4 Å². The molecule has 8 heteroatoms. The molecule has 3 heterocycles. The number of rotatable bonds is 7. The van der Waals surface area contributed by atoms with Crippen molar-refractivity contribution in [3.05, 3.63) is 64.2 Å². The lowest BCUT2D eigenvalue weighted by atomic mass is 10.0. The van der Waals surface area contributed by atoms with Crippen LogP contribution >= 0.6 is 0 Å². The van der Waals surface area contributed by atoms with Crippen LogP contribution in [0.1, 0.15) is 59.3 Å². The molecule has 0 aliphatic carbocycles. The summed E-state index contributed by atoms with van der Waals surface area (Å²) >= 11 is 0. The number of carbonyl (C=O) groups excluding carboxylic acids is 3. The number of carbonyl (C=O) groups is 3.